The maximum absolute atomic E-state index is 10.6. The zero-order valence-electron chi connectivity index (χ0n) is 6.95. The molecule has 12 heavy (non-hydrogen) atoms. The minimum absolute atomic E-state index is 0.0731. The topological polar surface area (TPSA) is 46.9 Å². The lowest BCUT2D eigenvalue weighted by atomic mass is 10.6. The number of nitrogens with zero attached hydrogens (tertiary/aromatic N) is 2. The van der Waals surface area contributed by atoms with Gasteiger partial charge in [0.05, 0.1) is 6.04 Å². The van der Waals surface area contributed by atoms with Crippen molar-refractivity contribution in [3.05, 3.63) is 12.3 Å². The van der Waals surface area contributed by atoms with Gasteiger partial charge in [-0.05, 0) is 12.8 Å². The third kappa shape index (κ3) is 1.47. The summed E-state index contributed by atoms with van der Waals surface area (Å²) in [4.78, 5) is 10.6. The van der Waals surface area contributed by atoms with Crippen LogP contribution in [-0.4, -0.2) is 15.7 Å². The zero-order valence-corrected chi connectivity index (χ0v) is 6.95. The number of hydrogen-bond acceptors (Lipinski definition) is 2. The summed E-state index contributed by atoms with van der Waals surface area (Å²) < 4.78 is 1.91. The molecule has 1 heterocycles. The number of hydrogen-bond donors (Lipinski definition) is 1. The molecule has 0 saturated heterocycles. The van der Waals surface area contributed by atoms with Crippen LogP contribution in [0.5, 0.6) is 0 Å². The summed E-state index contributed by atoms with van der Waals surface area (Å²) in [6, 6.07) is 2.40. The van der Waals surface area contributed by atoms with E-state index in [2.05, 4.69) is 10.4 Å². The lowest BCUT2D eigenvalue weighted by molar-refractivity contribution is -0.114. The number of carbonyl (C=O) groups excluding carboxylic acids is 1. The van der Waals surface area contributed by atoms with Gasteiger partial charge in [-0.15, -0.1) is 0 Å². The normalized spacial score (nSPS) is 16.1. The smallest absolute Gasteiger partial charge is 0.222 e. The minimum atomic E-state index is -0.0731. The van der Waals surface area contributed by atoms with Crippen molar-refractivity contribution in [3.63, 3.8) is 0 Å². The molecule has 1 aromatic heterocycles. The van der Waals surface area contributed by atoms with E-state index < -0.39 is 0 Å². The van der Waals surface area contributed by atoms with Crippen molar-refractivity contribution in [2.24, 2.45) is 0 Å². The fraction of sp³-hybridized carbons (Fsp3) is 0.500. The molecule has 0 bridgehead atoms. The van der Waals surface area contributed by atoms with Gasteiger partial charge in [-0.3, -0.25) is 9.48 Å². The molecule has 0 aromatic carbocycles. The van der Waals surface area contributed by atoms with E-state index in [-0.39, 0.29) is 5.91 Å². The largest absolute Gasteiger partial charge is 0.309 e. The third-order valence-corrected chi connectivity index (χ3v) is 1.83. The first-order chi connectivity index (χ1) is 5.75. The average Bonchev–Trinajstić information content (AvgIpc) is 2.73. The Hall–Kier alpha value is -1.32. The quantitative estimate of drug-likeness (QED) is 0.715. The molecule has 1 N–H and O–H groups in total. The molecule has 0 unspecified atom stereocenters. The van der Waals surface area contributed by atoms with E-state index in [1.807, 2.05) is 16.9 Å². The van der Waals surface area contributed by atoms with Gasteiger partial charge in [-0.25, -0.2) is 0 Å². The van der Waals surface area contributed by atoms with Gasteiger partial charge in [0.25, 0.3) is 0 Å². The number of amides is 1. The number of aromatic nitrogens is 2. The van der Waals surface area contributed by atoms with Crippen LogP contribution in [0.15, 0.2) is 12.3 Å². The molecule has 1 aliphatic rings. The molecule has 64 valence electrons. The highest BCUT2D eigenvalue weighted by Crippen LogP contribution is 2.34. The first kappa shape index (κ1) is 7.34. The molecule has 1 aliphatic carbocycles. The summed E-state index contributed by atoms with van der Waals surface area (Å²) in [5.74, 6) is 0.574. The molecule has 2 rings (SSSR count). The lowest BCUT2D eigenvalue weighted by Crippen LogP contribution is -2.06. The summed E-state index contributed by atoms with van der Waals surface area (Å²) >= 11 is 0. The average molecular weight is 165 g/mol. The molecule has 1 aromatic rings. The van der Waals surface area contributed by atoms with Crippen molar-refractivity contribution in [1.29, 1.82) is 0 Å². The van der Waals surface area contributed by atoms with E-state index in [0.717, 1.165) is 0 Å². The van der Waals surface area contributed by atoms with Crippen LogP contribution in [0, 0.1) is 0 Å². The van der Waals surface area contributed by atoms with Crippen molar-refractivity contribution in [3.8, 4) is 0 Å². The Morgan fingerprint density at radius 2 is 2.50 bits per heavy atom. The van der Waals surface area contributed by atoms with Crippen molar-refractivity contribution >= 4 is 11.7 Å². The highest BCUT2D eigenvalue weighted by atomic mass is 16.1. The summed E-state index contributed by atoms with van der Waals surface area (Å²) in [5, 5.41) is 6.83. The van der Waals surface area contributed by atoms with Crippen LogP contribution >= 0.6 is 0 Å². The molecule has 0 aliphatic heterocycles. The van der Waals surface area contributed by atoms with Gasteiger partial charge >= 0.3 is 0 Å². The molecule has 1 fully saturated rings. The Kier molecular flexibility index (Phi) is 1.60. The molecular formula is C8H11N3O. The van der Waals surface area contributed by atoms with E-state index >= 15 is 0 Å². The highest BCUT2D eigenvalue weighted by Gasteiger charge is 2.24. The van der Waals surface area contributed by atoms with Crippen LogP contribution in [0.3, 0.4) is 0 Å². The Bertz CT molecular complexity index is 301. The number of rotatable bonds is 2. The fourth-order valence-electron chi connectivity index (χ4n) is 1.13. The van der Waals surface area contributed by atoms with E-state index in [1.54, 1.807) is 0 Å². The Labute approximate surface area is 70.6 Å². The van der Waals surface area contributed by atoms with Crippen LogP contribution in [-0.2, 0) is 4.79 Å². The molecule has 1 amide bonds. The molecule has 0 atom stereocenters. The fourth-order valence-corrected chi connectivity index (χ4v) is 1.13. The Morgan fingerprint density at radius 1 is 1.75 bits per heavy atom. The maximum Gasteiger partial charge on any atom is 0.222 e. The Balaban J connectivity index is 2.07. The minimum Gasteiger partial charge on any atom is -0.309 e. The van der Waals surface area contributed by atoms with Gasteiger partial charge in [0.1, 0.15) is 0 Å². The van der Waals surface area contributed by atoms with Gasteiger partial charge in [0.2, 0.25) is 5.91 Å². The van der Waals surface area contributed by atoms with E-state index in [0.29, 0.717) is 11.9 Å². The highest BCUT2D eigenvalue weighted by molar-refractivity contribution is 5.87. The van der Waals surface area contributed by atoms with E-state index in [9.17, 15) is 4.79 Å². The SMILES string of the molecule is CC(=O)Nc1ccn(C2CC2)n1. The summed E-state index contributed by atoms with van der Waals surface area (Å²) in [5.41, 5.74) is 0. The van der Waals surface area contributed by atoms with Gasteiger partial charge in [-0.2, -0.15) is 5.10 Å². The van der Waals surface area contributed by atoms with Crippen LogP contribution in [0.2, 0.25) is 0 Å². The molecule has 0 spiro atoms. The molecule has 4 heteroatoms. The van der Waals surface area contributed by atoms with Gasteiger partial charge < -0.3 is 5.32 Å². The van der Waals surface area contributed by atoms with Gasteiger partial charge in [0.15, 0.2) is 5.82 Å². The standard InChI is InChI=1S/C8H11N3O/c1-6(12)9-8-4-5-11(10-8)7-2-3-7/h4-5,7H,2-3H2,1H3,(H,9,10,12). The molecule has 4 nitrogen and oxygen atoms in total. The second-order valence-electron chi connectivity index (χ2n) is 3.09. The van der Waals surface area contributed by atoms with Crippen molar-refractivity contribution in [2.45, 2.75) is 25.8 Å². The van der Waals surface area contributed by atoms with E-state index in [1.165, 1.54) is 19.8 Å². The van der Waals surface area contributed by atoms with Gasteiger partial charge in [0, 0.05) is 19.2 Å². The molecule has 1 saturated carbocycles. The summed E-state index contributed by atoms with van der Waals surface area (Å²) in [6.45, 7) is 1.48. The Morgan fingerprint density at radius 3 is 3.08 bits per heavy atom. The van der Waals surface area contributed by atoms with Gasteiger partial charge in [-0.1, -0.05) is 0 Å². The number of carbonyl (C=O) groups is 1. The van der Waals surface area contributed by atoms with Crippen LogP contribution in [0.4, 0.5) is 5.82 Å². The third-order valence-electron chi connectivity index (χ3n) is 1.83. The van der Waals surface area contributed by atoms with E-state index in [4.69, 9.17) is 0 Å². The second kappa shape index (κ2) is 2.62. The second-order valence-corrected chi connectivity index (χ2v) is 3.09. The zero-order chi connectivity index (χ0) is 8.55. The lowest BCUT2D eigenvalue weighted by Gasteiger charge is -1.96. The van der Waals surface area contributed by atoms with Crippen molar-refractivity contribution in [1.82, 2.24) is 9.78 Å². The maximum atomic E-state index is 10.6. The predicted octanol–water partition coefficient (Wildman–Crippen LogP) is 1.18. The van der Waals surface area contributed by atoms with Crippen LogP contribution in [0.1, 0.15) is 25.8 Å². The van der Waals surface area contributed by atoms with Crippen LogP contribution in [0.25, 0.3) is 0 Å². The van der Waals surface area contributed by atoms with Crippen molar-refractivity contribution < 1.29 is 4.79 Å². The molecule has 0 radical (unpaired) electrons. The first-order valence-electron chi connectivity index (χ1n) is 4.08. The summed E-state index contributed by atoms with van der Waals surface area (Å²) in [6.07, 6.45) is 4.32. The number of nitrogens with one attached hydrogen (secondary N) is 1. The van der Waals surface area contributed by atoms with Crippen LogP contribution < -0.4 is 5.32 Å². The summed E-state index contributed by atoms with van der Waals surface area (Å²) in [7, 11) is 0. The first-order valence-corrected chi connectivity index (χ1v) is 4.08. The monoisotopic (exact) mass is 165 g/mol. The molecular weight excluding hydrogens is 154 g/mol. The van der Waals surface area contributed by atoms with Crippen molar-refractivity contribution in [2.75, 3.05) is 5.32 Å². The number of anilines is 1. The predicted molar refractivity (Wildman–Crippen MR) is 44.8 cm³/mol.